The van der Waals surface area contributed by atoms with E-state index in [4.69, 9.17) is 0 Å². The van der Waals surface area contributed by atoms with E-state index in [9.17, 15) is 18.3 Å². The molecule has 0 aliphatic heterocycles. The van der Waals surface area contributed by atoms with Gasteiger partial charge in [0.2, 0.25) is 10.0 Å². The molecule has 0 heterocycles. The van der Waals surface area contributed by atoms with Crippen molar-refractivity contribution in [3.63, 3.8) is 0 Å². The molecule has 0 bridgehead atoms. The molecule has 2 aromatic carbocycles. The SMILES string of the molecule is CC(C)NS(=O)(=O)c1cccc(C(=O)Nc2cccc(O)c2)c1. The molecule has 0 atom stereocenters. The van der Waals surface area contributed by atoms with E-state index in [-0.39, 0.29) is 22.3 Å². The van der Waals surface area contributed by atoms with Gasteiger partial charge in [-0.05, 0) is 44.2 Å². The standard InChI is InChI=1S/C16H18N2O4S/c1-11(2)18-23(21,22)15-8-3-5-12(9-15)16(20)17-13-6-4-7-14(19)10-13/h3-11,18-19H,1-2H3,(H,17,20). The fraction of sp³-hybridized carbons (Fsp3) is 0.188. The summed E-state index contributed by atoms with van der Waals surface area (Å²) in [6.07, 6.45) is 0. The van der Waals surface area contributed by atoms with Gasteiger partial charge in [0.05, 0.1) is 4.90 Å². The van der Waals surface area contributed by atoms with Crippen molar-refractivity contribution in [3.05, 3.63) is 54.1 Å². The largest absolute Gasteiger partial charge is 0.508 e. The van der Waals surface area contributed by atoms with Gasteiger partial charge in [0, 0.05) is 23.4 Å². The van der Waals surface area contributed by atoms with Gasteiger partial charge in [0.1, 0.15) is 5.75 Å². The summed E-state index contributed by atoms with van der Waals surface area (Å²) in [5.41, 5.74) is 0.628. The number of sulfonamides is 1. The first kappa shape index (κ1) is 17.0. The molecule has 0 aliphatic rings. The van der Waals surface area contributed by atoms with Gasteiger partial charge in [0.15, 0.2) is 0 Å². The molecule has 0 fully saturated rings. The highest BCUT2D eigenvalue weighted by atomic mass is 32.2. The van der Waals surface area contributed by atoms with E-state index in [1.807, 2.05) is 0 Å². The van der Waals surface area contributed by atoms with Gasteiger partial charge in [-0.3, -0.25) is 4.79 Å². The van der Waals surface area contributed by atoms with Crippen molar-refractivity contribution < 1.29 is 18.3 Å². The van der Waals surface area contributed by atoms with E-state index in [1.165, 1.54) is 36.4 Å². The summed E-state index contributed by atoms with van der Waals surface area (Å²) in [5, 5.41) is 12.0. The summed E-state index contributed by atoms with van der Waals surface area (Å²) in [7, 11) is -3.67. The zero-order chi connectivity index (χ0) is 17.0. The van der Waals surface area contributed by atoms with E-state index < -0.39 is 15.9 Å². The molecule has 0 unspecified atom stereocenters. The molecule has 122 valence electrons. The molecule has 2 aromatic rings. The number of hydrogen-bond donors (Lipinski definition) is 3. The van der Waals surface area contributed by atoms with Crippen molar-refractivity contribution in [1.82, 2.24) is 4.72 Å². The number of carbonyl (C=O) groups is 1. The lowest BCUT2D eigenvalue weighted by molar-refractivity contribution is 0.102. The van der Waals surface area contributed by atoms with Crippen LogP contribution < -0.4 is 10.0 Å². The molecular formula is C16H18N2O4S. The molecule has 0 saturated carbocycles. The predicted molar refractivity (Wildman–Crippen MR) is 88.0 cm³/mol. The summed E-state index contributed by atoms with van der Waals surface area (Å²) >= 11 is 0. The second-order valence-corrected chi connectivity index (χ2v) is 7.02. The lowest BCUT2D eigenvalue weighted by atomic mass is 10.2. The summed E-state index contributed by atoms with van der Waals surface area (Å²) in [6, 6.07) is 11.6. The molecule has 0 aliphatic carbocycles. The number of phenols is 1. The van der Waals surface area contributed by atoms with Gasteiger partial charge >= 0.3 is 0 Å². The lowest BCUT2D eigenvalue weighted by Gasteiger charge is -2.11. The van der Waals surface area contributed by atoms with E-state index in [2.05, 4.69) is 10.0 Å². The predicted octanol–water partition coefficient (Wildman–Crippen LogP) is 2.33. The molecule has 3 N–H and O–H groups in total. The molecule has 1 amide bonds. The third-order valence-electron chi connectivity index (χ3n) is 2.90. The van der Waals surface area contributed by atoms with Crippen molar-refractivity contribution in [1.29, 1.82) is 0 Å². The minimum Gasteiger partial charge on any atom is -0.508 e. The van der Waals surface area contributed by atoms with Crippen molar-refractivity contribution in [2.75, 3.05) is 5.32 Å². The third-order valence-corrected chi connectivity index (χ3v) is 4.56. The number of rotatable bonds is 5. The Morgan fingerprint density at radius 1 is 1.09 bits per heavy atom. The first-order valence-corrected chi connectivity index (χ1v) is 8.49. The highest BCUT2D eigenvalue weighted by molar-refractivity contribution is 7.89. The second-order valence-electron chi connectivity index (χ2n) is 5.31. The van der Waals surface area contributed by atoms with E-state index >= 15 is 0 Å². The molecule has 0 spiro atoms. The molecule has 23 heavy (non-hydrogen) atoms. The van der Waals surface area contributed by atoms with Crippen molar-refractivity contribution >= 4 is 21.6 Å². The maximum absolute atomic E-state index is 12.2. The Morgan fingerprint density at radius 2 is 1.78 bits per heavy atom. The normalized spacial score (nSPS) is 11.4. The molecule has 0 aromatic heterocycles. The minimum atomic E-state index is -3.67. The number of anilines is 1. The second kappa shape index (κ2) is 6.80. The average Bonchev–Trinajstić information content (AvgIpc) is 2.46. The number of amides is 1. The van der Waals surface area contributed by atoms with Crippen LogP contribution in [0.25, 0.3) is 0 Å². The fourth-order valence-corrected chi connectivity index (χ4v) is 3.27. The first-order valence-electron chi connectivity index (χ1n) is 7.01. The van der Waals surface area contributed by atoms with Gasteiger partial charge in [-0.1, -0.05) is 12.1 Å². The third kappa shape index (κ3) is 4.54. The van der Waals surface area contributed by atoms with Gasteiger partial charge in [-0.15, -0.1) is 0 Å². The van der Waals surface area contributed by atoms with Crippen molar-refractivity contribution in [3.8, 4) is 5.75 Å². The lowest BCUT2D eigenvalue weighted by Crippen LogP contribution is -2.30. The van der Waals surface area contributed by atoms with Crippen molar-refractivity contribution in [2.45, 2.75) is 24.8 Å². The highest BCUT2D eigenvalue weighted by Gasteiger charge is 2.17. The summed E-state index contributed by atoms with van der Waals surface area (Å²) in [5.74, 6) is -0.433. The topological polar surface area (TPSA) is 95.5 Å². The smallest absolute Gasteiger partial charge is 0.255 e. The summed E-state index contributed by atoms with van der Waals surface area (Å²) in [4.78, 5) is 12.2. The quantitative estimate of drug-likeness (QED) is 0.782. The fourth-order valence-electron chi connectivity index (χ4n) is 1.97. The molecule has 7 heteroatoms. The monoisotopic (exact) mass is 334 g/mol. The van der Waals surface area contributed by atoms with Crippen LogP contribution in [0.5, 0.6) is 5.75 Å². The summed E-state index contributed by atoms with van der Waals surface area (Å²) < 4.78 is 26.8. The van der Waals surface area contributed by atoms with Crippen LogP contribution in [0.2, 0.25) is 0 Å². The van der Waals surface area contributed by atoms with Crippen LogP contribution in [0, 0.1) is 0 Å². The Bertz CT molecular complexity index is 816. The highest BCUT2D eigenvalue weighted by Crippen LogP contribution is 2.17. The van der Waals surface area contributed by atoms with Crippen LogP contribution >= 0.6 is 0 Å². The number of carbonyl (C=O) groups excluding carboxylic acids is 1. The zero-order valence-corrected chi connectivity index (χ0v) is 13.6. The molecule has 6 nitrogen and oxygen atoms in total. The molecule has 2 rings (SSSR count). The van der Waals surface area contributed by atoms with Crippen LogP contribution in [0.4, 0.5) is 5.69 Å². The van der Waals surface area contributed by atoms with Crippen LogP contribution in [0.3, 0.4) is 0 Å². The number of phenolic OH excluding ortho intramolecular Hbond substituents is 1. The number of benzene rings is 2. The maximum atomic E-state index is 12.2. The van der Waals surface area contributed by atoms with Gasteiger partial charge in [-0.25, -0.2) is 13.1 Å². The minimum absolute atomic E-state index is 0.0229. The van der Waals surface area contributed by atoms with Crippen LogP contribution in [0.1, 0.15) is 24.2 Å². The van der Waals surface area contributed by atoms with Crippen LogP contribution in [-0.2, 0) is 10.0 Å². The maximum Gasteiger partial charge on any atom is 0.255 e. The Morgan fingerprint density at radius 3 is 2.43 bits per heavy atom. The van der Waals surface area contributed by atoms with Crippen LogP contribution in [0.15, 0.2) is 53.4 Å². The average molecular weight is 334 g/mol. The summed E-state index contributed by atoms with van der Waals surface area (Å²) in [6.45, 7) is 3.44. The molecular weight excluding hydrogens is 316 g/mol. The Labute approximate surface area is 135 Å². The first-order chi connectivity index (χ1) is 10.8. The van der Waals surface area contributed by atoms with Gasteiger partial charge in [0.25, 0.3) is 5.91 Å². The number of aromatic hydroxyl groups is 1. The Kier molecular flexibility index (Phi) is 5.02. The molecule has 0 saturated heterocycles. The number of hydrogen-bond acceptors (Lipinski definition) is 4. The van der Waals surface area contributed by atoms with Gasteiger partial charge in [-0.2, -0.15) is 0 Å². The van der Waals surface area contributed by atoms with E-state index in [1.54, 1.807) is 26.0 Å². The van der Waals surface area contributed by atoms with Crippen LogP contribution in [-0.4, -0.2) is 25.5 Å². The van der Waals surface area contributed by atoms with E-state index in [0.717, 1.165) is 0 Å². The Balaban J connectivity index is 2.24. The Hall–Kier alpha value is -2.38. The van der Waals surface area contributed by atoms with Crippen molar-refractivity contribution in [2.24, 2.45) is 0 Å². The van der Waals surface area contributed by atoms with Gasteiger partial charge < -0.3 is 10.4 Å². The number of nitrogens with one attached hydrogen (secondary N) is 2. The molecule has 0 radical (unpaired) electrons. The van der Waals surface area contributed by atoms with E-state index in [0.29, 0.717) is 5.69 Å². The zero-order valence-electron chi connectivity index (χ0n) is 12.8.